The molecular weight excluding hydrogens is 170 g/mol. The molecule has 0 aliphatic rings. The van der Waals surface area contributed by atoms with E-state index in [2.05, 4.69) is 25.8 Å². The summed E-state index contributed by atoms with van der Waals surface area (Å²) in [5.74, 6) is 0.681. The highest BCUT2D eigenvalue weighted by Crippen LogP contribution is 2.17. The number of nitrogens with one attached hydrogen (secondary N) is 1. The van der Waals surface area contributed by atoms with Gasteiger partial charge < -0.3 is 5.73 Å². The van der Waals surface area contributed by atoms with E-state index in [1.165, 1.54) is 11.8 Å². The molecule has 0 saturated carbocycles. The lowest BCUT2D eigenvalue weighted by molar-refractivity contribution is 0.586. The second-order valence-electron chi connectivity index (χ2n) is 3.15. The third-order valence-electron chi connectivity index (χ3n) is 1.32. The molecule has 1 atom stereocenters. The lowest BCUT2D eigenvalue weighted by Gasteiger charge is -2.11. The van der Waals surface area contributed by atoms with Crippen molar-refractivity contribution in [2.75, 3.05) is 0 Å². The van der Waals surface area contributed by atoms with Gasteiger partial charge in [-0.1, -0.05) is 32.5 Å². The van der Waals surface area contributed by atoms with Gasteiger partial charge in [0.05, 0.1) is 0 Å². The topological polar surface area (TPSA) is 62.2 Å². The molecule has 70 valence electrons. The second-order valence-corrected chi connectivity index (χ2v) is 4.61. The smallest absolute Gasteiger partial charge is 0.160 e. The van der Waals surface area contributed by atoms with Crippen molar-refractivity contribution in [3.8, 4) is 0 Å². The van der Waals surface area contributed by atoms with Crippen molar-refractivity contribution < 1.29 is 0 Å². The van der Waals surface area contributed by atoms with E-state index in [0.717, 1.165) is 12.8 Å². The maximum Gasteiger partial charge on any atom is 0.160 e. The van der Waals surface area contributed by atoms with Crippen LogP contribution in [0.1, 0.15) is 27.2 Å². The summed E-state index contributed by atoms with van der Waals surface area (Å²) in [5.41, 5.74) is 5.52. The molecule has 0 aliphatic carbocycles. The van der Waals surface area contributed by atoms with Crippen LogP contribution >= 0.6 is 11.8 Å². The molecule has 3 N–H and O–H groups in total. The van der Waals surface area contributed by atoms with Gasteiger partial charge in [-0.15, -0.1) is 0 Å². The monoisotopic (exact) mass is 187 g/mol. The molecule has 0 rings (SSSR count). The van der Waals surface area contributed by atoms with Crippen LogP contribution in [-0.4, -0.2) is 16.8 Å². The van der Waals surface area contributed by atoms with Gasteiger partial charge >= 0.3 is 0 Å². The molecule has 0 aromatic rings. The Morgan fingerprint density at radius 2 is 2.17 bits per heavy atom. The summed E-state index contributed by atoms with van der Waals surface area (Å²) in [5, 5.41) is 7.68. The summed E-state index contributed by atoms with van der Waals surface area (Å²) in [6, 6.07) is 0. The summed E-state index contributed by atoms with van der Waals surface area (Å²) in [6.45, 7) is 6.49. The van der Waals surface area contributed by atoms with Crippen molar-refractivity contribution in [2.45, 2.75) is 32.4 Å². The Balaban J connectivity index is 3.75. The molecule has 0 amide bonds. The van der Waals surface area contributed by atoms with E-state index in [1.54, 1.807) is 0 Å². The van der Waals surface area contributed by atoms with Crippen molar-refractivity contribution in [3.63, 3.8) is 0 Å². The van der Waals surface area contributed by atoms with E-state index in [9.17, 15) is 0 Å². The van der Waals surface area contributed by atoms with Gasteiger partial charge in [-0.05, 0) is 12.3 Å². The number of rotatable bonds is 4. The van der Waals surface area contributed by atoms with Crippen LogP contribution in [0.15, 0.2) is 4.99 Å². The van der Waals surface area contributed by atoms with Gasteiger partial charge in [0.15, 0.2) is 5.17 Å². The SMILES string of the molecule is CC(C)CC(C)SC(N)=NC=N. The zero-order chi connectivity index (χ0) is 9.56. The lowest BCUT2D eigenvalue weighted by atomic mass is 10.1. The standard InChI is InChI=1S/C8H17N3S/c1-6(2)4-7(3)12-8(10)11-5-9/h5-7H,4H2,1-3H3,(H3,9,10,11). The van der Waals surface area contributed by atoms with Gasteiger partial charge in [0.25, 0.3) is 0 Å². The molecule has 0 aliphatic heterocycles. The Hall–Kier alpha value is -0.510. The first kappa shape index (κ1) is 11.5. The van der Waals surface area contributed by atoms with Gasteiger partial charge in [0, 0.05) is 5.25 Å². The van der Waals surface area contributed by atoms with Crippen molar-refractivity contribution in [1.82, 2.24) is 0 Å². The first-order chi connectivity index (χ1) is 5.56. The number of hydrogen-bond acceptors (Lipinski definition) is 2. The summed E-state index contributed by atoms with van der Waals surface area (Å²) < 4.78 is 0. The Bertz CT molecular complexity index is 166. The third kappa shape index (κ3) is 6.22. The maximum absolute atomic E-state index is 6.71. The van der Waals surface area contributed by atoms with Crippen LogP contribution in [0, 0.1) is 11.3 Å². The van der Waals surface area contributed by atoms with Crippen molar-refractivity contribution in [1.29, 1.82) is 5.41 Å². The highest BCUT2D eigenvalue weighted by molar-refractivity contribution is 8.14. The van der Waals surface area contributed by atoms with E-state index in [0.29, 0.717) is 16.3 Å². The number of hydrogen-bond donors (Lipinski definition) is 2. The van der Waals surface area contributed by atoms with Crippen LogP contribution in [0.3, 0.4) is 0 Å². The second kappa shape index (κ2) is 6.06. The first-order valence-corrected chi connectivity index (χ1v) is 4.93. The van der Waals surface area contributed by atoms with E-state index in [-0.39, 0.29) is 0 Å². The fraction of sp³-hybridized carbons (Fsp3) is 0.750. The quantitative estimate of drug-likeness (QED) is 0.523. The minimum atomic E-state index is 0.480. The summed E-state index contributed by atoms with van der Waals surface area (Å²) in [4.78, 5) is 3.67. The molecule has 1 unspecified atom stereocenters. The average Bonchev–Trinajstić information content (AvgIpc) is 1.84. The van der Waals surface area contributed by atoms with Crippen LogP contribution in [0.5, 0.6) is 0 Å². The molecule has 0 radical (unpaired) electrons. The van der Waals surface area contributed by atoms with Crippen LogP contribution in [-0.2, 0) is 0 Å². The predicted molar refractivity (Wildman–Crippen MR) is 56.9 cm³/mol. The summed E-state index contributed by atoms with van der Waals surface area (Å²) in [6.07, 6.45) is 2.10. The molecule has 0 spiro atoms. The van der Waals surface area contributed by atoms with E-state index in [1.807, 2.05) is 0 Å². The highest BCUT2D eigenvalue weighted by atomic mass is 32.2. The van der Waals surface area contributed by atoms with Crippen molar-refractivity contribution >= 4 is 23.3 Å². The number of amidine groups is 1. The molecule has 4 heteroatoms. The Morgan fingerprint density at radius 1 is 1.58 bits per heavy atom. The van der Waals surface area contributed by atoms with Gasteiger partial charge in [0.2, 0.25) is 0 Å². The molecule has 0 bridgehead atoms. The summed E-state index contributed by atoms with van der Waals surface area (Å²) >= 11 is 1.53. The van der Waals surface area contributed by atoms with Crippen molar-refractivity contribution in [2.24, 2.45) is 16.6 Å². The third-order valence-corrected chi connectivity index (χ3v) is 2.26. The predicted octanol–water partition coefficient (Wildman–Crippen LogP) is 2.08. The zero-order valence-corrected chi connectivity index (χ0v) is 8.69. The minimum Gasteiger partial charge on any atom is -0.378 e. The molecule has 0 fully saturated rings. The largest absolute Gasteiger partial charge is 0.378 e. The molecule has 0 aromatic heterocycles. The first-order valence-electron chi connectivity index (χ1n) is 4.05. The fourth-order valence-corrected chi connectivity index (χ4v) is 2.02. The molecule has 12 heavy (non-hydrogen) atoms. The van der Waals surface area contributed by atoms with Crippen LogP contribution < -0.4 is 5.73 Å². The summed E-state index contributed by atoms with van der Waals surface area (Å²) in [7, 11) is 0. The molecule has 3 nitrogen and oxygen atoms in total. The Kier molecular flexibility index (Phi) is 5.80. The van der Waals surface area contributed by atoms with Crippen LogP contribution in [0.25, 0.3) is 0 Å². The lowest BCUT2D eigenvalue weighted by Crippen LogP contribution is -2.13. The fourth-order valence-electron chi connectivity index (χ4n) is 1.01. The van der Waals surface area contributed by atoms with Crippen LogP contribution in [0.4, 0.5) is 0 Å². The van der Waals surface area contributed by atoms with Gasteiger partial charge in [-0.25, -0.2) is 4.99 Å². The minimum absolute atomic E-state index is 0.480. The zero-order valence-electron chi connectivity index (χ0n) is 7.87. The van der Waals surface area contributed by atoms with Gasteiger partial charge in [-0.3, -0.25) is 5.41 Å². The van der Waals surface area contributed by atoms with E-state index >= 15 is 0 Å². The molecule has 0 saturated heterocycles. The molecular formula is C8H17N3S. The van der Waals surface area contributed by atoms with Gasteiger partial charge in [0.1, 0.15) is 6.34 Å². The molecule has 0 aromatic carbocycles. The number of thioether (sulfide) groups is 1. The Morgan fingerprint density at radius 3 is 2.58 bits per heavy atom. The number of nitrogens with two attached hydrogens (primary N) is 1. The van der Waals surface area contributed by atoms with E-state index < -0.39 is 0 Å². The Labute approximate surface area is 78.3 Å². The van der Waals surface area contributed by atoms with Crippen LogP contribution in [0.2, 0.25) is 0 Å². The highest BCUT2D eigenvalue weighted by Gasteiger charge is 2.06. The average molecular weight is 187 g/mol. The normalized spacial score (nSPS) is 14.8. The number of aliphatic imine (C=N–C) groups is 1. The van der Waals surface area contributed by atoms with Gasteiger partial charge in [-0.2, -0.15) is 0 Å². The number of nitrogens with zero attached hydrogens (tertiary/aromatic N) is 1. The van der Waals surface area contributed by atoms with E-state index in [4.69, 9.17) is 11.1 Å². The maximum atomic E-state index is 6.71. The molecule has 0 heterocycles. The van der Waals surface area contributed by atoms with Crippen molar-refractivity contribution in [3.05, 3.63) is 0 Å².